The first kappa shape index (κ1) is 11.5. The number of alkyl halides is 3. The van der Waals surface area contributed by atoms with Gasteiger partial charge in [-0.05, 0) is 18.8 Å². The van der Waals surface area contributed by atoms with Gasteiger partial charge in [-0.2, -0.15) is 13.2 Å². The Balaban J connectivity index is 2.54. The lowest BCUT2D eigenvalue weighted by Gasteiger charge is -2.29. The molecule has 0 radical (unpaired) electrons. The van der Waals surface area contributed by atoms with Gasteiger partial charge in [0.1, 0.15) is 23.0 Å². The van der Waals surface area contributed by atoms with Gasteiger partial charge in [0.15, 0.2) is 6.10 Å². The SMILES string of the molecule is FC(F)(F)[C@@H](OI)C1CCOCC1. The molecular weight excluding hydrogens is 300 g/mol. The molecule has 0 amide bonds. The molecule has 1 heterocycles. The molecule has 0 aliphatic carbocycles. The average Bonchev–Trinajstić information content (AvgIpc) is 2.05. The van der Waals surface area contributed by atoms with E-state index in [0.29, 0.717) is 26.1 Å². The molecule has 0 aromatic heterocycles. The lowest BCUT2D eigenvalue weighted by Crippen LogP contribution is -2.39. The summed E-state index contributed by atoms with van der Waals surface area (Å²) < 4.78 is 46.4. The second-order valence-electron chi connectivity index (χ2n) is 3.00. The van der Waals surface area contributed by atoms with Gasteiger partial charge in [-0.1, -0.05) is 0 Å². The Morgan fingerprint density at radius 2 is 1.85 bits per heavy atom. The Morgan fingerprint density at radius 3 is 2.23 bits per heavy atom. The lowest BCUT2D eigenvalue weighted by molar-refractivity contribution is -0.207. The molecule has 6 heteroatoms. The quantitative estimate of drug-likeness (QED) is 0.730. The molecule has 0 spiro atoms. The normalized spacial score (nSPS) is 23.1. The first-order chi connectivity index (χ1) is 6.05. The Morgan fingerprint density at radius 1 is 1.31 bits per heavy atom. The van der Waals surface area contributed by atoms with Crippen molar-refractivity contribution in [1.29, 1.82) is 0 Å². The molecule has 1 aliphatic rings. The molecule has 2 nitrogen and oxygen atoms in total. The van der Waals surface area contributed by atoms with Gasteiger partial charge in [-0.25, -0.2) is 0 Å². The molecule has 0 aromatic carbocycles. The maximum atomic E-state index is 12.3. The Kier molecular flexibility index (Phi) is 4.24. The van der Waals surface area contributed by atoms with Crippen LogP contribution in [0.2, 0.25) is 0 Å². The number of hydrogen-bond donors (Lipinski definition) is 0. The molecule has 1 fully saturated rings. The summed E-state index contributed by atoms with van der Waals surface area (Å²) in [5.74, 6) is -0.453. The monoisotopic (exact) mass is 310 g/mol. The number of halogens is 4. The second kappa shape index (κ2) is 4.79. The van der Waals surface area contributed by atoms with Gasteiger partial charge in [0.25, 0.3) is 0 Å². The van der Waals surface area contributed by atoms with Crippen molar-refractivity contribution < 1.29 is 21.0 Å². The van der Waals surface area contributed by atoms with Crippen LogP contribution in [0, 0.1) is 5.92 Å². The van der Waals surface area contributed by atoms with Gasteiger partial charge in [-0.15, -0.1) is 0 Å². The van der Waals surface area contributed by atoms with E-state index in [4.69, 9.17) is 4.74 Å². The van der Waals surface area contributed by atoms with Crippen molar-refractivity contribution in [2.24, 2.45) is 5.92 Å². The molecule has 1 rings (SSSR count). The number of ether oxygens (including phenoxy) is 1. The molecule has 13 heavy (non-hydrogen) atoms. The van der Waals surface area contributed by atoms with Crippen molar-refractivity contribution >= 4 is 23.0 Å². The van der Waals surface area contributed by atoms with E-state index in [1.54, 1.807) is 0 Å². The van der Waals surface area contributed by atoms with E-state index in [0.717, 1.165) is 0 Å². The molecule has 0 N–H and O–H groups in total. The van der Waals surface area contributed by atoms with E-state index in [1.807, 2.05) is 0 Å². The summed E-state index contributed by atoms with van der Waals surface area (Å²) >= 11 is 1.32. The maximum absolute atomic E-state index is 12.3. The van der Waals surface area contributed by atoms with Crippen molar-refractivity contribution in [3.63, 3.8) is 0 Å². The summed E-state index contributed by atoms with van der Waals surface area (Å²) in [6.45, 7) is 0.800. The van der Waals surface area contributed by atoms with Gasteiger partial charge in [0.05, 0.1) is 0 Å². The fourth-order valence-electron chi connectivity index (χ4n) is 1.41. The standard InChI is InChI=1S/C7H10F3IO2/c8-7(9,10)6(13-11)5-1-3-12-4-2-5/h5-6H,1-4H2/t6-/m0/s1. The van der Waals surface area contributed by atoms with Crippen LogP contribution < -0.4 is 0 Å². The summed E-state index contributed by atoms with van der Waals surface area (Å²) in [7, 11) is 0. The van der Waals surface area contributed by atoms with Gasteiger partial charge >= 0.3 is 6.18 Å². The molecule has 1 atom stereocenters. The van der Waals surface area contributed by atoms with Crippen LogP contribution in [0.4, 0.5) is 13.2 Å². The van der Waals surface area contributed by atoms with Crippen LogP contribution in [-0.4, -0.2) is 25.5 Å². The van der Waals surface area contributed by atoms with Gasteiger partial charge in [0.2, 0.25) is 0 Å². The van der Waals surface area contributed by atoms with E-state index in [9.17, 15) is 13.2 Å². The average molecular weight is 310 g/mol. The van der Waals surface area contributed by atoms with Crippen molar-refractivity contribution in [3.05, 3.63) is 0 Å². The minimum atomic E-state index is -4.26. The summed E-state index contributed by atoms with van der Waals surface area (Å²) in [5.41, 5.74) is 0. The highest BCUT2D eigenvalue weighted by Crippen LogP contribution is 2.34. The summed E-state index contributed by atoms with van der Waals surface area (Å²) in [4.78, 5) is 0. The molecule has 0 saturated carbocycles. The zero-order chi connectivity index (χ0) is 9.90. The van der Waals surface area contributed by atoms with Crippen LogP contribution in [-0.2, 0) is 7.80 Å². The van der Waals surface area contributed by atoms with Crippen LogP contribution in [0.1, 0.15) is 12.8 Å². The minimum absolute atomic E-state index is 0.400. The zero-order valence-corrected chi connectivity index (χ0v) is 8.97. The third kappa shape index (κ3) is 3.25. The molecule has 0 aromatic rings. The van der Waals surface area contributed by atoms with E-state index in [1.165, 1.54) is 23.0 Å². The van der Waals surface area contributed by atoms with Crippen LogP contribution in [0.15, 0.2) is 0 Å². The Bertz CT molecular complexity index is 156. The van der Waals surface area contributed by atoms with E-state index >= 15 is 0 Å². The predicted molar refractivity (Wildman–Crippen MR) is 48.5 cm³/mol. The Hall–Kier alpha value is 0.440. The predicted octanol–water partition coefficient (Wildman–Crippen LogP) is 2.71. The maximum Gasteiger partial charge on any atom is 0.415 e. The van der Waals surface area contributed by atoms with E-state index in [2.05, 4.69) is 3.07 Å². The summed E-state index contributed by atoms with van der Waals surface area (Å²) in [5, 5.41) is 0. The smallest absolute Gasteiger partial charge is 0.381 e. The second-order valence-corrected chi connectivity index (χ2v) is 3.51. The van der Waals surface area contributed by atoms with Crippen LogP contribution in [0.3, 0.4) is 0 Å². The Labute approximate surface area is 88.5 Å². The van der Waals surface area contributed by atoms with Crippen LogP contribution in [0.25, 0.3) is 0 Å². The first-order valence-corrected chi connectivity index (χ1v) is 4.85. The molecular formula is C7H10F3IO2. The molecule has 1 aliphatic heterocycles. The molecule has 1 saturated heterocycles. The zero-order valence-electron chi connectivity index (χ0n) is 6.81. The minimum Gasteiger partial charge on any atom is -0.381 e. The third-order valence-electron chi connectivity index (χ3n) is 2.11. The lowest BCUT2D eigenvalue weighted by atomic mass is 9.94. The van der Waals surface area contributed by atoms with Crippen molar-refractivity contribution in [2.45, 2.75) is 25.1 Å². The summed E-state index contributed by atoms with van der Waals surface area (Å²) in [6, 6.07) is 0. The first-order valence-electron chi connectivity index (χ1n) is 3.97. The van der Waals surface area contributed by atoms with Gasteiger partial charge in [-0.3, -0.25) is 0 Å². The largest absolute Gasteiger partial charge is 0.415 e. The van der Waals surface area contributed by atoms with Crippen molar-refractivity contribution in [1.82, 2.24) is 0 Å². The number of hydrogen-bond acceptors (Lipinski definition) is 2. The van der Waals surface area contributed by atoms with E-state index in [-0.39, 0.29) is 0 Å². The highest BCUT2D eigenvalue weighted by Gasteiger charge is 2.45. The van der Waals surface area contributed by atoms with Crippen LogP contribution in [0.5, 0.6) is 0 Å². The molecule has 0 bridgehead atoms. The third-order valence-corrected chi connectivity index (χ3v) is 2.66. The number of rotatable bonds is 2. The highest BCUT2D eigenvalue weighted by atomic mass is 127. The molecule has 0 unspecified atom stereocenters. The fraction of sp³-hybridized carbons (Fsp3) is 1.00. The summed E-state index contributed by atoms with van der Waals surface area (Å²) in [6.07, 6.45) is -5.05. The van der Waals surface area contributed by atoms with Gasteiger partial charge < -0.3 is 7.80 Å². The van der Waals surface area contributed by atoms with Crippen molar-refractivity contribution in [3.8, 4) is 0 Å². The van der Waals surface area contributed by atoms with Crippen molar-refractivity contribution in [2.75, 3.05) is 13.2 Å². The fourth-order valence-corrected chi connectivity index (χ4v) is 2.11. The topological polar surface area (TPSA) is 18.5 Å². The van der Waals surface area contributed by atoms with E-state index < -0.39 is 18.2 Å². The molecule has 78 valence electrons. The van der Waals surface area contributed by atoms with Gasteiger partial charge in [0, 0.05) is 13.2 Å². The highest BCUT2D eigenvalue weighted by molar-refractivity contribution is 14.1. The van der Waals surface area contributed by atoms with Crippen LogP contribution >= 0.6 is 23.0 Å².